The Labute approximate surface area is 170 Å². The van der Waals surface area contributed by atoms with Crippen molar-refractivity contribution in [3.8, 4) is 0 Å². The van der Waals surface area contributed by atoms with Crippen LogP contribution >= 0.6 is 34.8 Å². The number of aromatic nitrogens is 2. The zero-order valence-corrected chi connectivity index (χ0v) is 15.9. The molecule has 0 saturated heterocycles. The molecule has 28 heavy (non-hydrogen) atoms. The molecule has 0 fully saturated rings. The van der Waals surface area contributed by atoms with E-state index in [1.807, 2.05) is 0 Å². The van der Waals surface area contributed by atoms with Crippen LogP contribution in [-0.2, 0) is 17.5 Å². The summed E-state index contributed by atoms with van der Waals surface area (Å²) in [5, 5.41) is 2.31. The van der Waals surface area contributed by atoms with Crippen molar-refractivity contribution in [2.75, 3.05) is 5.32 Å². The van der Waals surface area contributed by atoms with Gasteiger partial charge in [0, 0.05) is 10.7 Å². The highest BCUT2D eigenvalue weighted by Crippen LogP contribution is 2.36. The van der Waals surface area contributed by atoms with Gasteiger partial charge in [-0.25, -0.2) is 4.98 Å². The molecule has 3 aromatic rings. The summed E-state index contributed by atoms with van der Waals surface area (Å²) >= 11 is 17.4. The van der Waals surface area contributed by atoms with Crippen molar-refractivity contribution in [2.24, 2.45) is 0 Å². The first-order chi connectivity index (χ1) is 13.1. The predicted molar refractivity (Wildman–Crippen MR) is 101 cm³/mol. The van der Waals surface area contributed by atoms with Crippen molar-refractivity contribution >= 4 is 57.3 Å². The SMILES string of the molecule is O=C(Cn1cnc2c(Cl)cc(Cl)cc2c1=O)Nc1ccc(Cl)c(C(F)(F)F)c1. The van der Waals surface area contributed by atoms with Crippen LogP contribution in [0.1, 0.15) is 5.56 Å². The van der Waals surface area contributed by atoms with E-state index in [1.165, 1.54) is 18.2 Å². The molecule has 0 radical (unpaired) electrons. The van der Waals surface area contributed by atoms with Crippen molar-refractivity contribution in [3.63, 3.8) is 0 Å². The molecule has 0 saturated carbocycles. The van der Waals surface area contributed by atoms with Gasteiger partial charge < -0.3 is 5.32 Å². The number of carbonyl (C=O) groups excluding carboxylic acids is 1. The molecule has 1 amide bonds. The van der Waals surface area contributed by atoms with Gasteiger partial charge in [-0.15, -0.1) is 0 Å². The van der Waals surface area contributed by atoms with Gasteiger partial charge >= 0.3 is 6.18 Å². The molecular weight excluding hydrogens is 442 g/mol. The molecule has 1 heterocycles. The van der Waals surface area contributed by atoms with Crippen LogP contribution in [-0.4, -0.2) is 15.5 Å². The summed E-state index contributed by atoms with van der Waals surface area (Å²) in [5.41, 5.74) is -1.55. The van der Waals surface area contributed by atoms with Crippen molar-refractivity contribution in [3.05, 3.63) is 67.6 Å². The topological polar surface area (TPSA) is 64.0 Å². The predicted octanol–water partition coefficient (Wildman–Crippen LogP) is 5.01. The van der Waals surface area contributed by atoms with Crippen LogP contribution in [0.3, 0.4) is 0 Å². The third-order valence-corrected chi connectivity index (χ3v) is 4.55. The fourth-order valence-electron chi connectivity index (χ4n) is 2.48. The number of anilines is 1. The molecule has 0 spiro atoms. The number of benzene rings is 2. The maximum atomic E-state index is 12.9. The van der Waals surface area contributed by atoms with E-state index in [9.17, 15) is 22.8 Å². The van der Waals surface area contributed by atoms with Crippen LogP contribution in [0, 0.1) is 0 Å². The second-order valence-corrected chi connectivity index (χ2v) is 6.95. The average molecular weight is 451 g/mol. The number of nitrogens with one attached hydrogen (secondary N) is 1. The Morgan fingerprint density at radius 2 is 1.82 bits per heavy atom. The van der Waals surface area contributed by atoms with Gasteiger partial charge in [0.1, 0.15) is 6.54 Å². The van der Waals surface area contributed by atoms with Crippen molar-refractivity contribution in [1.29, 1.82) is 0 Å². The Morgan fingerprint density at radius 1 is 1.11 bits per heavy atom. The van der Waals surface area contributed by atoms with Crippen LogP contribution in [0.4, 0.5) is 18.9 Å². The lowest BCUT2D eigenvalue weighted by Gasteiger charge is -2.12. The third kappa shape index (κ3) is 4.24. The van der Waals surface area contributed by atoms with E-state index in [4.69, 9.17) is 34.8 Å². The van der Waals surface area contributed by atoms with Crippen LogP contribution in [0.15, 0.2) is 41.5 Å². The number of fused-ring (bicyclic) bond motifs is 1. The maximum Gasteiger partial charge on any atom is 0.417 e. The van der Waals surface area contributed by atoms with Gasteiger partial charge in [-0.1, -0.05) is 34.8 Å². The monoisotopic (exact) mass is 449 g/mol. The van der Waals surface area contributed by atoms with E-state index in [2.05, 4.69) is 10.3 Å². The van der Waals surface area contributed by atoms with Crippen molar-refractivity contribution in [1.82, 2.24) is 9.55 Å². The average Bonchev–Trinajstić information content (AvgIpc) is 2.58. The largest absolute Gasteiger partial charge is 0.417 e. The molecule has 0 atom stereocenters. The highest BCUT2D eigenvalue weighted by molar-refractivity contribution is 6.38. The van der Waals surface area contributed by atoms with Gasteiger partial charge in [-0.05, 0) is 30.3 Å². The lowest BCUT2D eigenvalue weighted by atomic mass is 10.2. The molecule has 11 heteroatoms. The van der Waals surface area contributed by atoms with Gasteiger partial charge in [0.2, 0.25) is 5.91 Å². The number of hydrogen-bond acceptors (Lipinski definition) is 3. The van der Waals surface area contributed by atoms with E-state index in [0.29, 0.717) is 6.07 Å². The molecule has 146 valence electrons. The first-order valence-corrected chi connectivity index (χ1v) is 8.70. The first-order valence-electron chi connectivity index (χ1n) is 7.57. The van der Waals surface area contributed by atoms with Crippen molar-refractivity contribution in [2.45, 2.75) is 12.7 Å². The normalized spacial score (nSPS) is 11.6. The Hall–Kier alpha value is -2.29. The Morgan fingerprint density at radius 3 is 2.50 bits per heavy atom. The summed E-state index contributed by atoms with van der Waals surface area (Å²) in [6, 6.07) is 5.74. The van der Waals surface area contributed by atoms with Crippen LogP contribution in [0.2, 0.25) is 15.1 Å². The fourth-order valence-corrected chi connectivity index (χ4v) is 3.25. The van der Waals surface area contributed by atoms with E-state index in [0.717, 1.165) is 17.0 Å². The second-order valence-electron chi connectivity index (χ2n) is 5.70. The Bertz CT molecular complexity index is 1150. The van der Waals surface area contributed by atoms with E-state index in [-0.39, 0.29) is 26.6 Å². The number of nitrogens with zero attached hydrogens (tertiary/aromatic N) is 2. The number of rotatable bonds is 3. The molecule has 0 unspecified atom stereocenters. The highest BCUT2D eigenvalue weighted by atomic mass is 35.5. The fraction of sp³-hybridized carbons (Fsp3) is 0.118. The number of carbonyl (C=O) groups is 1. The van der Waals surface area contributed by atoms with Gasteiger partial charge in [0.25, 0.3) is 5.56 Å². The smallest absolute Gasteiger partial charge is 0.325 e. The van der Waals surface area contributed by atoms with E-state index < -0.39 is 34.8 Å². The van der Waals surface area contributed by atoms with Crippen molar-refractivity contribution < 1.29 is 18.0 Å². The second kappa shape index (κ2) is 7.62. The third-order valence-electron chi connectivity index (χ3n) is 3.72. The lowest BCUT2D eigenvalue weighted by molar-refractivity contribution is -0.137. The molecule has 1 aromatic heterocycles. The Balaban J connectivity index is 1.86. The van der Waals surface area contributed by atoms with Crippen LogP contribution in [0.5, 0.6) is 0 Å². The minimum Gasteiger partial charge on any atom is -0.325 e. The molecular formula is C17H9Cl3F3N3O2. The molecule has 0 aliphatic rings. The first kappa shape index (κ1) is 20.4. The van der Waals surface area contributed by atoms with Gasteiger partial charge in [-0.2, -0.15) is 13.2 Å². The van der Waals surface area contributed by atoms with Gasteiger partial charge in [0.15, 0.2) is 0 Å². The molecule has 0 aliphatic carbocycles. The Kier molecular flexibility index (Phi) is 5.56. The zero-order valence-electron chi connectivity index (χ0n) is 13.6. The summed E-state index contributed by atoms with van der Waals surface area (Å²) in [7, 11) is 0. The van der Waals surface area contributed by atoms with E-state index >= 15 is 0 Å². The summed E-state index contributed by atoms with van der Waals surface area (Å²) in [5.74, 6) is -0.730. The highest BCUT2D eigenvalue weighted by Gasteiger charge is 2.33. The number of alkyl halides is 3. The number of halogens is 6. The summed E-state index contributed by atoms with van der Waals surface area (Å²) < 4.78 is 39.7. The molecule has 3 rings (SSSR count). The van der Waals surface area contributed by atoms with Crippen LogP contribution < -0.4 is 10.9 Å². The molecule has 0 aliphatic heterocycles. The van der Waals surface area contributed by atoms with Gasteiger partial charge in [0.05, 0.1) is 32.8 Å². The lowest BCUT2D eigenvalue weighted by Crippen LogP contribution is -2.28. The molecule has 5 nitrogen and oxygen atoms in total. The standard InChI is InChI=1S/C17H9Cl3F3N3O2/c18-8-3-10-15(13(20)4-8)24-7-26(16(10)28)6-14(27)25-9-1-2-12(19)11(5-9)17(21,22)23/h1-5,7H,6H2,(H,25,27). The number of hydrogen-bond donors (Lipinski definition) is 1. The minimum atomic E-state index is -4.67. The molecule has 2 aromatic carbocycles. The molecule has 0 bridgehead atoms. The number of amides is 1. The van der Waals surface area contributed by atoms with E-state index in [1.54, 1.807) is 0 Å². The minimum absolute atomic E-state index is 0.110. The van der Waals surface area contributed by atoms with Gasteiger partial charge in [-0.3, -0.25) is 14.2 Å². The zero-order chi connectivity index (χ0) is 20.6. The van der Waals surface area contributed by atoms with Crippen LogP contribution in [0.25, 0.3) is 10.9 Å². The quantitative estimate of drug-likeness (QED) is 0.610. The summed E-state index contributed by atoms with van der Waals surface area (Å²) in [4.78, 5) is 28.7. The maximum absolute atomic E-state index is 12.9. The molecule has 1 N–H and O–H groups in total. The summed E-state index contributed by atoms with van der Waals surface area (Å²) in [6.07, 6.45) is -3.55. The summed E-state index contributed by atoms with van der Waals surface area (Å²) in [6.45, 7) is -0.476.